The lowest BCUT2D eigenvalue weighted by Crippen LogP contribution is -2.35. The molecule has 0 bridgehead atoms. The van der Waals surface area contributed by atoms with Gasteiger partial charge in [0, 0.05) is 31.2 Å². The molecule has 0 saturated carbocycles. The van der Waals surface area contributed by atoms with Crippen LogP contribution in [0.1, 0.15) is 18.0 Å². The lowest BCUT2D eigenvalue weighted by atomic mass is 10.0. The molecular weight excluding hydrogens is 302 g/mol. The summed E-state index contributed by atoms with van der Waals surface area (Å²) in [7, 11) is -3.30. The molecule has 0 radical (unpaired) electrons. The Kier molecular flexibility index (Phi) is 4.92. The van der Waals surface area contributed by atoms with Gasteiger partial charge in [-0.05, 0) is 24.6 Å². The molecule has 1 fully saturated rings. The fourth-order valence-corrected chi connectivity index (χ4v) is 3.06. The number of likely N-dealkylation sites (tertiary alicyclic amines) is 1. The summed E-state index contributed by atoms with van der Waals surface area (Å²) in [6, 6.07) is 2.76. The molecule has 8 heteroatoms. The third-order valence-corrected chi connectivity index (χ3v) is 4.19. The highest BCUT2D eigenvalue weighted by molar-refractivity contribution is 7.88. The Hall–Kier alpha value is -1.09. The number of nitrogens with one attached hydrogen (secondary N) is 1. The third kappa shape index (κ3) is 4.44. The fourth-order valence-electron chi connectivity index (χ4n) is 2.59. The van der Waals surface area contributed by atoms with Gasteiger partial charge in [0.15, 0.2) is 0 Å². The Morgan fingerprint density at radius 3 is 2.81 bits per heavy atom. The molecule has 0 aromatic heterocycles. The van der Waals surface area contributed by atoms with Crippen molar-refractivity contribution >= 4 is 10.0 Å². The zero-order valence-electron chi connectivity index (χ0n) is 11.6. The van der Waals surface area contributed by atoms with E-state index in [2.05, 4.69) is 4.72 Å². The van der Waals surface area contributed by atoms with Crippen LogP contribution in [-0.4, -0.2) is 50.4 Å². The van der Waals surface area contributed by atoms with Gasteiger partial charge in [-0.3, -0.25) is 4.90 Å². The van der Waals surface area contributed by atoms with Gasteiger partial charge in [-0.15, -0.1) is 0 Å². The minimum absolute atomic E-state index is 0.152. The van der Waals surface area contributed by atoms with Crippen LogP contribution in [0.15, 0.2) is 18.2 Å². The maximum atomic E-state index is 13.8. The molecule has 21 heavy (non-hydrogen) atoms. The van der Waals surface area contributed by atoms with Crippen LogP contribution in [0.2, 0.25) is 0 Å². The Bertz CT molecular complexity index is 609. The first-order valence-corrected chi connectivity index (χ1v) is 8.47. The second-order valence-corrected chi connectivity index (χ2v) is 7.07. The van der Waals surface area contributed by atoms with E-state index in [1.807, 2.05) is 0 Å². The fraction of sp³-hybridized carbons (Fsp3) is 0.538. The van der Waals surface area contributed by atoms with Crippen LogP contribution in [0.25, 0.3) is 0 Å². The monoisotopic (exact) mass is 320 g/mol. The van der Waals surface area contributed by atoms with Crippen molar-refractivity contribution in [3.05, 3.63) is 35.4 Å². The molecule has 0 spiro atoms. The van der Waals surface area contributed by atoms with Crippen LogP contribution >= 0.6 is 0 Å². The van der Waals surface area contributed by atoms with Crippen LogP contribution in [0.4, 0.5) is 8.78 Å². The van der Waals surface area contributed by atoms with Crippen molar-refractivity contribution in [3.8, 4) is 0 Å². The molecule has 2 N–H and O–H groups in total. The number of halogens is 2. The summed E-state index contributed by atoms with van der Waals surface area (Å²) in [5, 5.41) is 9.75. The third-order valence-electron chi connectivity index (χ3n) is 3.46. The van der Waals surface area contributed by atoms with E-state index in [4.69, 9.17) is 0 Å². The van der Waals surface area contributed by atoms with Gasteiger partial charge in [-0.1, -0.05) is 0 Å². The highest BCUT2D eigenvalue weighted by atomic mass is 32.2. The molecule has 5 nitrogen and oxygen atoms in total. The van der Waals surface area contributed by atoms with Gasteiger partial charge in [0.2, 0.25) is 10.0 Å². The topological polar surface area (TPSA) is 69.6 Å². The zero-order valence-corrected chi connectivity index (χ0v) is 12.4. The first kappa shape index (κ1) is 16.3. The van der Waals surface area contributed by atoms with Crippen LogP contribution in [0.5, 0.6) is 0 Å². The number of aliphatic hydroxyl groups excluding tert-OH is 1. The van der Waals surface area contributed by atoms with Gasteiger partial charge in [0.1, 0.15) is 11.6 Å². The normalized spacial score (nSPS) is 23.6. The van der Waals surface area contributed by atoms with Crippen molar-refractivity contribution in [2.45, 2.75) is 18.6 Å². The molecule has 1 aromatic rings. The Labute approximate surface area is 122 Å². The van der Waals surface area contributed by atoms with E-state index in [-0.39, 0.29) is 12.1 Å². The predicted octanol–water partition coefficient (Wildman–Crippen LogP) is 0.622. The van der Waals surface area contributed by atoms with Crippen molar-refractivity contribution in [2.24, 2.45) is 0 Å². The summed E-state index contributed by atoms with van der Waals surface area (Å²) in [5.41, 5.74) is 0.186. The van der Waals surface area contributed by atoms with Crippen molar-refractivity contribution < 1.29 is 22.3 Å². The number of aliphatic hydroxyl groups is 1. The van der Waals surface area contributed by atoms with E-state index >= 15 is 0 Å². The summed E-state index contributed by atoms with van der Waals surface area (Å²) in [5.74, 6) is -1.07. The number of hydrogen-bond donors (Lipinski definition) is 2. The standard InChI is InChI=1S/C13H18F2N2O3S/c1-21(19,20)16-4-5-17-8-10(18)7-13(17)11-6-9(14)2-3-12(11)15/h2-3,6,10,13,16,18H,4-5,7-8H2,1H3/t10-,13-/m1/s1. The molecule has 2 rings (SSSR count). The number of hydrogen-bond acceptors (Lipinski definition) is 4. The number of β-amino-alcohol motifs (C(OH)–C–C–N with tert-alkyl or cyclic N) is 1. The molecule has 1 heterocycles. The molecule has 1 aromatic carbocycles. The highest BCUT2D eigenvalue weighted by Gasteiger charge is 2.33. The van der Waals surface area contributed by atoms with Crippen molar-refractivity contribution in [1.29, 1.82) is 0 Å². The summed E-state index contributed by atoms with van der Waals surface area (Å²) in [4.78, 5) is 1.75. The Balaban J connectivity index is 2.11. The predicted molar refractivity (Wildman–Crippen MR) is 74.1 cm³/mol. The van der Waals surface area contributed by atoms with Crippen LogP contribution in [0, 0.1) is 11.6 Å². The lowest BCUT2D eigenvalue weighted by Gasteiger charge is -2.24. The molecule has 2 atom stereocenters. The van der Waals surface area contributed by atoms with Gasteiger partial charge < -0.3 is 5.11 Å². The number of nitrogens with zero attached hydrogens (tertiary/aromatic N) is 1. The van der Waals surface area contributed by atoms with Crippen LogP contribution < -0.4 is 4.72 Å². The summed E-state index contributed by atoms with van der Waals surface area (Å²) in [6.45, 7) is 0.760. The average Bonchev–Trinajstić information content (AvgIpc) is 2.72. The molecular formula is C13H18F2N2O3S. The molecule has 0 unspecified atom stereocenters. The average molecular weight is 320 g/mol. The number of rotatable bonds is 5. The van der Waals surface area contributed by atoms with Gasteiger partial charge in [-0.2, -0.15) is 0 Å². The molecule has 0 aliphatic carbocycles. The Morgan fingerprint density at radius 2 is 2.14 bits per heavy atom. The second-order valence-electron chi connectivity index (χ2n) is 5.23. The number of sulfonamides is 1. The van der Waals surface area contributed by atoms with E-state index in [1.165, 1.54) is 0 Å². The molecule has 1 aliphatic rings. The minimum Gasteiger partial charge on any atom is -0.392 e. The van der Waals surface area contributed by atoms with E-state index < -0.39 is 33.8 Å². The van der Waals surface area contributed by atoms with Crippen molar-refractivity contribution in [1.82, 2.24) is 9.62 Å². The first-order chi connectivity index (χ1) is 9.76. The SMILES string of the molecule is CS(=O)(=O)NCCN1C[C@H](O)C[C@@H]1c1cc(F)ccc1F. The maximum Gasteiger partial charge on any atom is 0.208 e. The summed E-state index contributed by atoms with van der Waals surface area (Å²) >= 11 is 0. The molecule has 1 saturated heterocycles. The van der Waals surface area contributed by atoms with Gasteiger partial charge in [0.05, 0.1) is 12.4 Å². The maximum absolute atomic E-state index is 13.8. The molecule has 0 amide bonds. The molecule has 118 valence electrons. The van der Waals surface area contributed by atoms with E-state index in [1.54, 1.807) is 4.90 Å². The smallest absolute Gasteiger partial charge is 0.208 e. The minimum atomic E-state index is -3.30. The van der Waals surface area contributed by atoms with Gasteiger partial charge in [0.25, 0.3) is 0 Å². The van der Waals surface area contributed by atoms with Crippen molar-refractivity contribution in [2.75, 3.05) is 25.9 Å². The summed E-state index contributed by atoms with van der Waals surface area (Å²) in [6.07, 6.45) is 0.699. The lowest BCUT2D eigenvalue weighted by molar-refractivity contribution is 0.176. The largest absolute Gasteiger partial charge is 0.392 e. The van der Waals surface area contributed by atoms with Gasteiger partial charge in [-0.25, -0.2) is 21.9 Å². The van der Waals surface area contributed by atoms with E-state index in [0.717, 1.165) is 24.5 Å². The van der Waals surface area contributed by atoms with E-state index in [0.29, 0.717) is 19.5 Å². The van der Waals surface area contributed by atoms with Crippen LogP contribution in [0.3, 0.4) is 0 Å². The number of benzene rings is 1. The van der Waals surface area contributed by atoms with Gasteiger partial charge >= 0.3 is 0 Å². The Morgan fingerprint density at radius 1 is 1.43 bits per heavy atom. The first-order valence-electron chi connectivity index (χ1n) is 6.58. The van der Waals surface area contributed by atoms with Crippen molar-refractivity contribution in [3.63, 3.8) is 0 Å². The second kappa shape index (κ2) is 6.35. The quantitative estimate of drug-likeness (QED) is 0.834. The summed E-state index contributed by atoms with van der Waals surface area (Å²) < 4.78 is 51.5. The van der Waals surface area contributed by atoms with Crippen LogP contribution in [-0.2, 0) is 10.0 Å². The van der Waals surface area contributed by atoms with E-state index in [9.17, 15) is 22.3 Å². The zero-order chi connectivity index (χ0) is 15.6. The highest BCUT2D eigenvalue weighted by Crippen LogP contribution is 2.33. The molecule has 1 aliphatic heterocycles.